The zero-order valence-electron chi connectivity index (χ0n) is 14.0. The van der Waals surface area contributed by atoms with Crippen molar-refractivity contribution in [3.63, 3.8) is 0 Å². The van der Waals surface area contributed by atoms with E-state index in [2.05, 4.69) is 15.8 Å². The van der Waals surface area contributed by atoms with Crippen LogP contribution in [0.3, 0.4) is 0 Å². The van der Waals surface area contributed by atoms with Gasteiger partial charge in [-0.25, -0.2) is 9.82 Å². The van der Waals surface area contributed by atoms with Crippen molar-refractivity contribution >= 4 is 29.4 Å². The van der Waals surface area contributed by atoms with Gasteiger partial charge in [-0.2, -0.15) is 5.10 Å². The lowest BCUT2D eigenvalue weighted by atomic mass is 10.2. The Morgan fingerprint density at radius 2 is 1.76 bits per heavy atom. The number of hydrazone groups is 1. The second kappa shape index (κ2) is 8.58. The van der Waals surface area contributed by atoms with E-state index in [4.69, 9.17) is 0 Å². The van der Waals surface area contributed by atoms with Gasteiger partial charge in [0.05, 0.1) is 11.9 Å². The molecule has 0 aliphatic carbocycles. The summed E-state index contributed by atoms with van der Waals surface area (Å²) in [6, 6.07) is 13.3. The molecule has 2 amide bonds. The van der Waals surface area contributed by atoms with E-state index >= 15 is 0 Å². The summed E-state index contributed by atoms with van der Waals surface area (Å²) in [5.41, 5.74) is 4.15. The molecule has 2 aromatic rings. The second-order valence-electron chi connectivity index (χ2n) is 5.48. The molecule has 0 saturated heterocycles. The van der Waals surface area contributed by atoms with E-state index < -0.39 is 24.1 Å². The Bertz CT molecular complexity index is 773. The number of hydrogen-bond donors (Lipinski definition) is 2. The minimum Gasteiger partial charge on any atom is -0.378 e. The molecule has 0 heterocycles. The van der Waals surface area contributed by atoms with Crippen LogP contribution in [0, 0.1) is 5.82 Å². The topological polar surface area (TPSA) is 73.8 Å². The Morgan fingerprint density at radius 3 is 2.40 bits per heavy atom. The largest absolute Gasteiger partial charge is 0.378 e. The van der Waals surface area contributed by atoms with Crippen LogP contribution in [0.15, 0.2) is 53.6 Å². The van der Waals surface area contributed by atoms with Crippen LogP contribution < -0.4 is 15.6 Å². The zero-order valence-corrected chi connectivity index (χ0v) is 14.0. The molecular formula is C18H19FN4O2. The molecule has 0 aliphatic rings. The van der Waals surface area contributed by atoms with Crippen molar-refractivity contribution < 1.29 is 14.0 Å². The normalized spacial score (nSPS) is 10.5. The van der Waals surface area contributed by atoms with Gasteiger partial charge in [0, 0.05) is 19.8 Å². The molecule has 2 aromatic carbocycles. The van der Waals surface area contributed by atoms with Crippen molar-refractivity contribution in [2.45, 2.75) is 6.42 Å². The van der Waals surface area contributed by atoms with Gasteiger partial charge in [0.2, 0.25) is 11.8 Å². The number of carbonyl (C=O) groups is 2. The molecular weight excluding hydrogens is 323 g/mol. The fraction of sp³-hybridized carbons (Fsp3) is 0.167. The third-order valence-electron chi connectivity index (χ3n) is 3.28. The molecule has 0 aliphatic heterocycles. The summed E-state index contributed by atoms with van der Waals surface area (Å²) >= 11 is 0. The van der Waals surface area contributed by atoms with Crippen molar-refractivity contribution in [1.29, 1.82) is 0 Å². The quantitative estimate of drug-likeness (QED) is 0.481. The summed E-state index contributed by atoms with van der Waals surface area (Å²) in [6.07, 6.45) is 1.03. The number of benzene rings is 2. The van der Waals surface area contributed by atoms with Gasteiger partial charge in [0.15, 0.2) is 0 Å². The SMILES string of the molecule is CN(C)c1ccc(C=NNC(=O)CC(=O)Nc2ccccc2F)cc1. The third-order valence-corrected chi connectivity index (χ3v) is 3.28. The van der Waals surface area contributed by atoms with E-state index in [1.165, 1.54) is 24.4 Å². The van der Waals surface area contributed by atoms with Gasteiger partial charge in [0.1, 0.15) is 12.2 Å². The van der Waals surface area contributed by atoms with Crippen LogP contribution in [0.1, 0.15) is 12.0 Å². The van der Waals surface area contributed by atoms with Gasteiger partial charge in [-0.05, 0) is 29.8 Å². The van der Waals surface area contributed by atoms with Gasteiger partial charge in [-0.1, -0.05) is 24.3 Å². The Hall–Kier alpha value is -3.22. The number of amides is 2. The van der Waals surface area contributed by atoms with Crippen molar-refractivity contribution in [2.24, 2.45) is 5.10 Å². The zero-order chi connectivity index (χ0) is 18.2. The number of hydrogen-bond acceptors (Lipinski definition) is 4. The Kier molecular flexibility index (Phi) is 6.22. The van der Waals surface area contributed by atoms with Crippen LogP contribution in [0.2, 0.25) is 0 Å². The molecule has 2 rings (SSSR count). The Labute approximate surface area is 145 Å². The minimum atomic E-state index is -0.617. The molecule has 7 heteroatoms. The molecule has 0 aromatic heterocycles. The fourth-order valence-electron chi connectivity index (χ4n) is 1.98. The summed E-state index contributed by atoms with van der Waals surface area (Å²) in [5.74, 6) is -1.77. The summed E-state index contributed by atoms with van der Waals surface area (Å²) in [4.78, 5) is 25.4. The summed E-state index contributed by atoms with van der Waals surface area (Å²) in [5, 5.41) is 6.14. The van der Waals surface area contributed by atoms with Gasteiger partial charge in [-0.3, -0.25) is 9.59 Å². The van der Waals surface area contributed by atoms with Crippen molar-refractivity contribution in [2.75, 3.05) is 24.3 Å². The van der Waals surface area contributed by atoms with Crippen LogP contribution in [0.5, 0.6) is 0 Å². The Morgan fingerprint density at radius 1 is 1.08 bits per heavy atom. The van der Waals surface area contributed by atoms with E-state index in [1.807, 2.05) is 43.3 Å². The fourth-order valence-corrected chi connectivity index (χ4v) is 1.98. The number of para-hydroxylation sites is 1. The van der Waals surface area contributed by atoms with E-state index in [0.29, 0.717) is 0 Å². The van der Waals surface area contributed by atoms with Crippen LogP contribution in [0.4, 0.5) is 15.8 Å². The van der Waals surface area contributed by atoms with Crippen molar-refractivity contribution in [3.05, 3.63) is 59.9 Å². The van der Waals surface area contributed by atoms with E-state index in [1.54, 1.807) is 6.07 Å². The molecule has 25 heavy (non-hydrogen) atoms. The van der Waals surface area contributed by atoms with Gasteiger partial charge in [0.25, 0.3) is 0 Å². The van der Waals surface area contributed by atoms with Gasteiger partial charge >= 0.3 is 0 Å². The molecule has 130 valence electrons. The molecule has 0 unspecified atom stereocenters. The minimum absolute atomic E-state index is 0.0322. The molecule has 0 spiro atoms. The first-order valence-corrected chi connectivity index (χ1v) is 7.59. The molecule has 6 nitrogen and oxygen atoms in total. The van der Waals surface area contributed by atoms with E-state index in [-0.39, 0.29) is 5.69 Å². The number of anilines is 2. The molecule has 0 atom stereocenters. The first-order valence-electron chi connectivity index (χ1n) is 7.59. The Balaban J connectivity index is 1.81. The smallest absolute Gasteiger partial charge is 0.249 e. The number of nitrogens with zero attached hydrogens (tertiary/aromatic N) is 2. The van der Waals surface area contributed by atoms with Crippen LogP contribution >= 0.6 is 0 Å². The maximum atomic E-state index is 13.4. The molecule has 0 radical (unpaired) electrons. The average Bonchev–Trinajstić information content (AvgIpc) is 2.57. The standard InChI is InChI=1S/C18H19FN4O2/c1-23(2)14-9-7-13(8-10-14)12-20-22-18(25)11-17(24)21-16-6-4-3-5-15(16)19/h3-10,12H,11H2,1-2H3,(H,21,24)(H,22,25). The lowest BCUT2D eigenvalue weighted by Gasteiger charge is -2.11. The number of rotatable bonds is 6. The maximum absolute atomic E-state index is 13.4. The van der Waals surface area contributed by atoms with Gasteiger partial charge < -0.3 is 10.2 Å². The molecule has 2 N–H and O–H groups in total. The lowest BCUT2D eigenvalue weighted by Crippen LogP contribution is -2.24. The molecule has 0 saturated carbocycles. The highest BCUT2D eigenvalue weighted by molar-refractivity contribution is 6.03. The number of nitrogens with one attached hydrogen (secondary N) is 2. The van der Waals surface area contributed by atoms with E-state index in [0.717, 1.165) is 11.3 Å². The number of carbonyl (C=O) groups excluding carboxylic acids is 2. The second-order valence-corrected chi connectivity index (χ2v) is 5.48. The summed E-state index contributed by atoms with van der Waals surface area (Å²) in [7, 11) is 3.88. The first kappa shape index (κ1) is 18.1. The highest BCUT2D eigenvalue weighted by Crippen LogP contribution is 2.12. The van der Waals surface area contributed by atoms with Crippen LogP contribution in [0.25, 0.3) is 0 Å². The molecule has 0 fully saturated rings. The highest BCUT2D eigenvalue weighted by atomic mass is 19.1. The lowest BCUT2D eigenvalue weighted by molar-refractivity contribution is -0.126. The third kappa shape index (κ3) is 5.72. The van der Waals surface area contributed by atoms with Crippen LogP contribution in [-0.2, 0) is 9.59 Å². The first-order chi connectivity index (χ1) is 12.0. The molecule has 0 bridgehead atoms. The van der Waals surface area contributed by atoms with Gasteiger partial charge in [-0.15, -0.1) is 0 Å². The van der Waals surface area contributed by atoms with Crippen molar-refractivity contribution in [1.82, 2.24) is 5.43 Å². The number of halogens is 1. The average molecular weight is 342 g/mol. The predicted molar refractivity (Wildman–Crippen MR) is 96.2 cm³/mol. The predicted octanol–water partition coefficient (Wildman–Crippen LogP) is 2.37. The monoisotopic (exact) mass is 342 g/mol. The summed E-state index contributed by atoms with van der Waals surface area (Å²) in [6.45, 7) is 0. The highest BCUT2D eigenvalue weighted by Gasteiger charge is 2.10. The summed E-state index contributed by atoms with van der Waals surface area (Å²) < 4.78 is 13.4. The van der Waals surface area contributed by atoms with Crippen molar-refractivity contribution in [3.8, 4) is 0 Å². The maximum Gasteiger partial charge on any atom is 0.249 e. The van der Waals surface area contributed by atoms with E-state index in [9.17, 15) is 14.0 Å². The van der Waals surface area contributed by atoms with Crippen LogP contribution in [-0.4, -0.2) is 32.1 Å².